The van der Waals surface area contributed by atoms with Crippen LogP contribution < -0.4 is 0 Å². The van der Waals surface area contributed by atoms with E-state index < -0.39 is 16.2 Å². The SMILES string of the molecule is CCCCCCC[CH2][Sn]([Br])([CH2]CC)[CH2]CCCCCCC. The number of unbranched alkanes of at least 4 members (excludes halogenated alkanes) is 10. The molecule has 0 atom stereocenters. The summed E-state index contributed by atoms with van der Waals surface area (Å²) in [6.07, 6.45) is 18.9. The molecule has 0 aliphatic heterocycles. The Labute approximate surface area is 145 Å². The van der Waals surface area contributed by atoms with Crippen molar-refractivity contribution < 1.29 is 0 Å². The molecule has 0 saturated carbocycles. The van der Waals surface area contributed by atoms with Gasteiger partial charge < -0.3 is 0 Å². The van der Waals surface area contributed by atoms with Gasteiger partial charge in [0.15, 0.2) is 0 Å². The van der Waals surface area contributed by atoms with Crippen molar-refractivity contribution in [3.63, 3.8) is 0 Å². The van der Waals surface area contributed by atoms with E-state index in [4.69, 9.17) is 0 Å². The quantitative estimate of drug-likeness (QED) is 0.158. The second-order valence-corrected chi connectivity index (χ2v) is 29.1. The van der Waals surface area contributed by atoms with E-state index in [1.54, 1.807) is 13.3 Å². The maximum atomic E-state index is 4.32. The summed E-state index contributed by atoms with van der Waals surface area (Å²) in [4.78, 5) is 0. The molecular weight excluding hydrogens is 427 g/mol. The van der Waals surface area contributed by atoms with E-state index in [2.05, 4.69) is 33.5 Å². The van der Waals surface area contributed by atoms with Gasteiger partial charge in [-0.3, -0.25) is 0 Å². The predicted octanol–water partition coefficient (Wildman–Crippen LogP) is 8.46. The normalized spacial score (nSPS) is 12.0. The first kappa shape index (κ1) is 22.3. The van der Waals surface area contributed by atoms with E-state index in [0.29, 0.717) is 0 Å². The second kappa shape index (κ2) is 16.1. The van der Waals surface area contributed by atoms with Gasteiger partial charge in [-0.1, -0.05) is 0 Å². The van der Waals surface area contributed by atoms with Crippen LogP contribution in [0.15, 0.2) is 0 Å². The minimum atomic E-state index is -1.86. The number of halogens is 1. The summed E-state index contributed by atoms with van der Waals surface area (Å²) >= 11 is 2.46. The number of hydrogen-bond acceptors (Lipinski definition) is 0. The third kappa shape index (κ3) is 14.6. The summed E-state index contributed by atoms with van der Waals surface area (Å²) < 4.78 is 4.77. The molecule has 0 N–H and O–H groups in total. The third-order valence-corrected chi connectivity index (χ3v) is 23.8. The molecule has 0 spiro atoms. The van der Waals surface area contributed by atoms with Gasteiger partial charge in [0.25, 0.3) is 0 Å². The van der Waals surface area contributed by atoms with Crippen molar-refractivity contribution in [2.75, 3.05) is 0 Å². The second-order valence-electron chi connectivity index (χ2n) is 6.94. The third-order valence-electron chi connectivity index (χ3n) is 4.65. The average molecular weight is 468 g/mol. The monoisotopic (exact) mass is 468 g/mol. The molecule has 0 heterocycles. The molecule has 0 aromatic heterocycles. The van der Waals surface area contributed by atoms with Crippen molar-refractivity contribution in [1.29, 1.82) is 0 Å². The van der Waals surface area contributed by atoms with Crippen LogP contribution in [0, 0.1) is 0 Å². The van der Waals surface area contributed by atoms with Crippen LogP contribution in [0.5, 0.6) is 0 Å². The van der Waals surface area contributed by atoms with Crippen molar-refractivity contribution in [3.05, 3.63) is 0 Å². The van der Waals surface area contributed by atoms with Crippen LogP contribution in [-0.4, -0.2) is 16.2 Å². The van der Waals surface area contributed by atoms with Gasteiger partial charge in [0, 0.05) is 0 Å². The van der Waals surface area contributed by atoms with Crippen molar-refractivity contribution >= 4 is 28.9 Å². The van der Waals surface area contributed by atoms with E-state index in [-0.39, 0.29) is 0 Å². The molecule has 0 amide bonds. The molecule has 0 unspecified atom stereocenters. The van der Waals surface area contributed by atoms with Crippen molar-refractivity contribution in [1.82, 2.24) is 0 Å². The Morgan fingerprint density at radius 2 is 0.857 bits per heavy atom. The van der Waals surface area contributed by atoms with Crippen LogP contribution in [0.25, 0.3) is 0 Å². The first-order valence-corrected chi connectivity index (χ1v) is 22.3. The molecule has 0 nitrogen and oxygen atoms in total. The molecular formula is C19H41BrSn. The molecule has 0 radical (unpaired) electrons. The van der Waals surface area contributed by atoms with E-state index in [9.17, 15) is 0 Å². The summed E-state index contributed by atoms with van der Waals surface area (Å²) in [5.41, 5.74) is 0. The first-order valence-electron chi connectivity index (χ1n) is 9.87. The van der Waals surface area contributed by atoms with Crippen molar-refractivity contribution in [2.24, 2.45) is 0 Å². The fraction of sp³-hybridized carbons (Fsp3) is 1.00. The van der Waals surface area contributed by atoms with E-state index in [1.807, 2.05) is 0 Å². The molecule has 0 aromatic rings. The van der Waals surface area contributed by atoms with Gasteiger partial charge in [0.1, 0.15) is 0 Å². The summed E-state index contributed by atoms with van der Waals surface area (Å²) in [6.45, 7) is 7.00. The zero-order chi connectivity index (χ0) is 15.8. The fourth-order valence-corrected chi connectivity index (χ4v) is 19.4. The molecule has 0 aliphatic rings. The van der Waals surface area contributed by atoms with Crippen LogP contribution in [0.2, 0.25) is 13.3 Å². The molecule has 0 saturated heterocycles. The van der Waals surface area contributed by atoms with Gasteiger partial charge in [-0.25, -0.2) is 0 Å². The molecule has 0 aliphatic carbocycles. The minimum absolute atomic E-state index is 1.37. The molecule has 0 fully saturated rings. The molecule has 0 aromatic carbocycles. The standard InChI is InChI=1S/2C8H17.C3H7.BrH.Sn/c2*1-3-5-7-8-6-4-2;1-3-2;;/h2*1,3-8H2,2H3;1,3H2,2H3;1H;/q;;;;+1/p-1. The van der Waals surface area contributed by atoms with Crippen LogP contribution in [0.4, 0.5) is 0 Å². The number of rotatable bonds is 16. The van der Waals surface area contributed by atoms with Gasteiger partial charge in [-0.15, -0.1) is 0 Å². The molecule has 2 heteroatoms. The van der Waals surface area contributed by atoms with Crippen LogP contribution in [0.1, 0.15) is 104 Å². The Balaban J connectivity index is 3.73. The summed E-state index contributed by atoms with van der Waals surface area (Å²) in [5, 5.41) is 0. The Bertz CT molecular complexity index is 190. The zero-order valence-corrected chi connectivity index (χ0v) is 19.6. The zero-order valence-electron chi connectivity index (χ0n) is 15.2. The fourth-order valence-electron chi connectivity index (χ4n) is 3.27. The van der Waals surface area contributed by atoms with Crippen molar-refractivity contribution in [2.45, 2.75) is 118 Å². The Kier molecular flexibility index (Phi) is 17.1. The Morgan fingerprint density at radius 3 is 1.24 bits per heavy atom. The van der Waals surface area contributed by atoms with Gasteiger partial charge in [-0.05, 0) is 0 Å². The average Bonchev–Trinajstić information content (AvgIpc) is 2.47. The summed E-state index contributed by atoms with van der Waals surface area (Å²) in [5.74, 6) is 0. The van der Waals surface area contributed by atoms with Crippen LogP contribution in [0.3, 0.4) is 0 Å². The predicted molar refractivity (Wildman–Crippen MR) is 106 cm³/mol. The van der Waals surface area contributed by atoms with Gasteiger partial charge in [0.05, 0.1) is 0 Å². The van der Waals surface area contributed by atoms with E-state index in [0.717, 1.165) is 0 Å². The summed E-state index contributed by atoms with van der Waals surface area (Å²) in [6, 6.07) is 0. The summed E-state index contributed by atoms with van der Waals surface area (Å²) in [7, 11) is 0. The van der Waals surface area contributed by atoms with Gasteiger partial charge in [-0.2, -0.15) is 0 Å². The molecule has 128 valence electrons. The Hall–Kier alpha value is 1.28. The van der Waals surface area contributed by atoms with Crippen molar-refractivity contribution in [3.8, 4) is 0 Å². The van der Waals surface area contributed by atoms with Gasteiger partial charge >= 0.3 is 146 Å². The van der Waals surface area contributed by atoms with Gasteiger partial charge in [0.2, 0.25) is 0 Å². The Morgan fingerprint density at radius 1 is 0.476 bits per heavy atom. The number of hydrogen-bond donors (Lipinski definition) is 0. The van der Waals surface area contributed by atoms with E-state index in [1.165, 1.54) is 83.5 Å². The topological polar surface area (TPSA) is 0 Å². The van der Waals surface area contributed by atoms with Crippen LogP contribution >= 0.6 is 12.7 Å². The van der Waals surface area contributed by atoms with E-state index >= 15 is 0 Å². The first-order chi connectivity index (χ1) is 10.2. The maximum absolute atomic E-state index is 4.32. The molecule has 0 rings (SSSR count). The van der Waals surface area contributed by atoms with Crippen LogP contribution in [-0.2, 0) is 0 Å². The molecule has 0 bridgehead atoms. The molecule has 21 heavy (non-hydrogen) atoms.